The van der Waals surface area contributed by atoms with Gasteiger partial charge in [-0.15, -0.1) is 0 Å². The van der Waals surface area contributed by atoms with Crippen molar-refractivity contribution >= 4 is 23.2 Å². The lowest BCUT2D eigenvalue weighted by molar-refractivity contribution is 0.563. The highest BCUT2D eigenvalue weighted by molar-refractivity contribution is 6.42. The summed E-state index contributed by atoms with van der Waals surface area (Å²) in [7, 11) is 0. The van der Waals surface area contributed by atoms with Gasteiger partial charge in [0, 0.05) is 12.1 Å². The maximum atomic E-state index is 13.6. The van der Waals surface area contributed by atoms with Crippen molar-refractivity contribution < 1.29 is 8.78 Å². The molecule has 0 radical (unpaired) electrons. The lowest BCUT2D eigenvalue weighted by Gasteiger charge is -2.15. The van der Waals surface area contributed by atoms with E-state index in [1.54, 1.807) is 18.2 Å². The van der Waals surface area contributed by atoms with Gasteiger partial charge in [-0.1, -0.05) is 41.4 Å². The van der Waals surface area contributed by atoms with E-state index >= 15 is 0 Å². The molecule has 100 valence electrons. The van der Waals surface area contributed by atoms with Gasteiger partial charge in [-0.25, -0.2) is 8.78 Å². The van der Waals surface area contributed by atoms with Crippen LogP contribution in [0.25, 0.3) is 0 Å². The second-order valence-corrected chi connectivity index (χ2v) is 4.97. The van der Waals surface area contributed by atoms with Gasteiger partial charge in [0.25, 0.3) is 0 Å². The topological polar surface area (TPSA) is 26.0 Å². The Morgan fingerprint density at radius 1 is 1.11 bits per heavy atom. The fourth-order valence-electron chi connectivity index (χ4n) is 1.84. The minimum absolute atomic E-state index is 0.214. The summed E-state index contributed by atoms with van der Waals surface area (Å²) in [6.45, 7) is 0. The third-order valence-electron chi connectivity index (χ3n) is 2.84. The van der Waals surface area contributed by atoms with Crippen LogP contribution in [-0.4, -0.2) is 0 Å². The summed E-state index contributed by atoms with van der Waals surface area (Å²) < 4.78 is 26.4. The van der Waals surface area contributed by atoms with Gasteiger partial charge < -0.3 is 5.73 Å². The normalized spacial score (nSPS) is 12.5. The van der Waals surface area contributed by atoms with E-state index in [0.717, 1.165) is 6.07 Å². The molecule has 0 bridgehead atoms. The van der Waals surface area contributed by atoms with Gasteiger partial charge in [-0.3, -0.25) is 0 Å². The van der Waals surface area contributed by atoms with Crippen LogP contribution in [0.4, 0.5) is 8.78 Å². The third-order valence-corrected chi connectivity index (χ3v) is 3.67. The summed E-state index contributed by atoms with van der Waals surface area (Å²) in [6, 6.07) is 8.02. The van der Waals surface area contributed by atoms with Crippen molar-refractivity contribution in [1.82, 2.24) is 0 Å². The first-order chi connectivity index (χ1) is 8.99. The van der Waals surface area contributed by atoms with E-state index in [2.05, 4.69) is 0 Å². The molecule has 0 saturated heterocycles. The van der Waals surface area contributed by atoms with Crippen LogP contribution in [-0.2, 0) is 6.42 Å². The Bertz CT molecular complexity index is 602. The predicted octanol–water partition coefficient (Wildman–Crippen LogP) is 4.51. The number of rotatable bonds is 3. The van der Waals surface area contributed by atoms with Gasteiger partial charge >= 0.3 is 0 Å². The molecule has 0 heterocycles. The predicted molar refractivity (Wildman–Crippen MR) is 73.5 cm³/mol. The average molecular weight is 302 g/mol. The van der Waals surface area contributed by atoms with Gasteiger partial charge in [0.05, 0.1) is 10.0 Å². The van der Waals surface area contributed by atoms with Crippen LogP contribution in [0.15, 0.2) is 36.4 Å². The summed E-state index contributed by atoms with van der Waals surface area (Å²) in [5, 5.41) is 0.758. The second-order valence-electron chi connectivity index (χ2n) is 4.19. The molecule has 0 aliphatic carbocycles. The number of halogens is 4. The van der Waals surface area contributed by atoms with Crippen LogP contribution in [0.5, 0.6) is 0 Å². The van der Waals surface area contributed by atoms with Crippen LogP contribution >= 0.6 is 23.2 Å². The van der Waals surface area contributed by atoms with E-state index < -0.39 is 17.7 Å². The first-order valence-corrected chi connectivity index (χ1v) is 6.38. The Kier molecular flexibility index (Phi) is 4.40. The van der Waals surface area contributed by atoms with Crippen LogP contribution in [0.1, 0.15) is 17.2 Å². The van der Waals surface area contributed by atoms with E-state index in [0.29, 0.717) is 21.2 Å². The molecular formula is C14H11Cl2F2N. The largest absolute Gasteiger partial charge is 0.324 e. The summed E-state index contributed by atoms with van der Waals surface area (Å²) >= 11 is 12.0. The molecule has 0 amide bonds. The van der Waals surface area contributed by atoms with Crippen LogP contribution < -0.4 is 5.73 Å². The standard InChI is InChI=1S/C14H11Cl2F2N/c15-11-3-1-2-10(14(11)16)13(19)6-8-4-5-9(17)7-12(8)18/h1-5,7,13H,6,19H2. The number of hydrogen-bond acceptors (Lipinski definition) is 1. The van der Waals surface area contributed by atoms with Crippen molar-refractivity contribution in [3.63, 3.8) is 0 Å². The van der Waals surface area contributed by atoms with Gasteiger partial charge in [0.15, 0.2) is 0 Å². The molecule has 19 heavy (non-hydrogen) atoms. The average Bonchev–Trinajstić information content (AvgIpc) is 2.36. The second kappa shape index (κ2) is 5.87. The minimum Gasteiger partial charge on any atom is -0.324 e. The maximum absolute atomic E-state index is 13.6. The van der Waals surface area contributed by atoms with Gasteiger partial charge in [0.2, 0.25) is 0 Å². The zero-order chi connectivity index (χ0) is 14.0. The van der Waals surface area contributed by atoms with Crippen LogP contribution in [0.2, 0.25) is 10.0 Å². The Balaban J connectivity index is 2.25. The lowest BCUT2D eigenvalue weighted by Crippen LogP contribution is -2.14. The van der Waals surface area contributed by atoms with Crippen molar-refractivity contribution in [2.45, 2.75) is 12.5 Å². The molecule has 0 aromatic heterocycles. The summed E-state index contributed by atoms with van der Waals surface area (Å²) in [4.78, 5) is 0. The zero-order valence-electron chi connectivity index (χ0n) is 9.84. The highest BCUT2D eigenvalue weighted by Gasteiger charge is 2.15. The van der Waals surface area contributed by atoms with Crippen molar-refractivity contribution in [1.29, 1.82) is 0 Å². The van der Waals surface area contributed by atoms with E-state index in [1.807, 2.05) is 0 Å². The lowest BCUT2D eigenvalue weighted by atomic mass is 9.99. The molecule has 0 aliphatic rings. The fourth-order valence-corrected chi connectivity index (χ4v) is 2.29. The van der Waals surface area contributed by atoms with Crippen molar-refractivity contribution in [2.24, 2.45) is 5.73 Å². The third kappa shape index (κ3) is 3.24. The molecule has 1 nitrogen and oxygen atoms in total. The molecule has 2 rings (SSSR count). The summed E-state index contributed by atoms with van der Waals surface area (Å²) in [5.41, 5.74) is 6.98. The highest BCUT2D eigenvalue weighted by atomic mass is 35.5. The number of benzene rings is 2. The Morgan fingerprint density at radius 2 is 1.84 bits per heavy atom. The number of hydrogen-bond donors (Lipinski definition) is 1. The molecule has 0 aliphatic heterocycles. The van der Waals surface area contributed by atoms with Crippen molar-refractivity contribution in [2.75, 3.05) is 0 Å². The summed E-state index contributed by atoms with van der Waals surface area (Å²) in [6.07, 6.45) is 0.214. The molecule has 0 saturated carbocycles. The Labute approximate surface area is 119 Å². The van der Waals surface area contributed by atoms with Gasteiger partial charge in [-0.05, 0) is 29.7 Å². The Morgan fingerprint density at radius 3 is 2.53 bits per heavy atom. The number of nitrogens with two attached hydrogens (primary N) is 1. The molecule has 0 spiro atoms. The maximum Gasteiger partial charge on any atom is 0.129 e. The van der Waals surface area contributed by atoms with Crippen molar-refractivity contribution in [3.05, 3.63) is 69.2 Å². The molecule has 2 N–H and O–H groups in total. The van der Waals surface area contributed by atoms with Crippen molar-refractivity contribution in [3.8, 4) is 0 Å². The quantitative estimate of drug-likeness (QED) is 0.886. The summed E-state index contributed by atoms with van der Waals surface area (Å²) in [5.74, 6) is -1.23. The zero-order valence-corrected chi connectivity index (χ0v) is 11.3. The van der Waals surface area contributed by atoms with Crippen LogP contribution in [0, 0.1) is 11.6 Å². The Hall–Kier alpha value is -1.16. The molecular weight excluding hydrogens is 291 g/mol. The first-order valence-electron chi connectivity index (χ1n) is 5.62. The highest BCUT2D eigenvalue weighted by Crippen LogP contribution is 2.30. The molecule has 0 fully saturated rings. The van der Waals surface area contributed by atoms with E-state index in [4.69, 9.17) is 28.9 Å². The van der Waals surface area contributed by atoms with Gasteiger partial charge in [-0.2, -0.15) is 0 Å². The van der Waals surface area contributed by atoms with E-state index in [9.17, 15) is 8.78 Å². The molecule has 1 unspecified atom stereocenters. The molecule has 5 heteroatoms. The first kappa shape index (κ1) is 14.3. The SMILES string of the molecule is NC(Cc1ccc(F)cc1F)c1cccc(Cl)c1Cl. The van der Waals surface area contributed by atoms with E-state index in [-0.39, 0.29) is 6.42 Å². The molecule has 1 atom stereocenters. The molecule has 2 aromatic rings. The van der Waals surface area contributed by atoms with Gasteiger partial charge in [0.1, 0.15) is 11.6 Å². The smallest absolute Gasteiger partial charge is 0.129 e. The minimum atomic E-state index is -0.617. The molecule has 2 aromatic carbocycles. The monoisotopic (exact) mass is 301 g/mol. The van der Waals surface area contributed by atoms with E-state index in [1.165, 1.54) is 12.1 Å². The van der Waals surface area contributed by atoms with Crippen LogP contribution in [0.3, 0.4) is 0 Å². The fraction of sp³-hybridized carbons (Fsp3) is 0.143.